The van der Waals surface area contributed by atoms with Crippen LogP contribution in [0.4, 0.5) is 0 Å². The Morgan fingerprint density at radius 1 is 1.60 bits per heavy atom. The zero-order chi connectivity index (χ0) is 10.8. The molecule has 0 aromatic carbocycles. The van der Waals surface area contributed by atoms with E-state index in [0.717, 1.165) is 8.66 Å². The van der Waals surface area contributed by atoms with Gasteiger partial charge in [0.05, 0.1) is 10.3 Å². The minimum atomic E-state index is -1.00. The van der Waals surface area contributed by atoms with Gasteiger partial charge in [-0.1, -0.05) is 0 Å². The van der Waals surface area contributed by atoms with Crippen LogP contribution < -0.4 is 0 Å². The van der Waals surface area contributed by atoms with Crippen LogP contribution in [0.1, 0.15) is 15.5 Å². The second kappa shape index (κ2) is 4.16. The minimum Gasteiger partial charge on any atom is -0.475 e. The van der Waals surface area contributed by atoms with E-state index >= 15 is 0 Å². The number of aromatic carboxylic acids is 1. The molecule has 0 spiro atoms. The first-order valence-electron chi connectivity index (χ1n) is 4.15. The molecular weight excluding hydrogens is 280 g/mol. The van der Waals surface area contributed by atoms with Gasteiger partial charge in [-0.25, -0.2) is 9.78 Å². The highest BCUT2D eigenvalue weighted by molar-refractivity contribution is 9.11. The molecule has 0 aliphatic rings. The van der Waals surface area contributed by atoms with E-state index in [-0.39, 0.29) is 5.82 Å². The lowest BCUT2D eigenvalue weighted by atomic mass is 10.4. The minimum absolute atomic E-state index is 0.0690. The normalized spacial score (nSPS) is 10.5. The van der Waals surface area contributed by atoms with Gasteiger partial charge in [-0.15, -0.1) is 11.3 Å². The molecule has 2 rings (SSSR count). The van der Waals surface area contributed by atoms with Crippen molar-refractivity contribution in [2.24, 2.45) is 0 Å². The highest BCUT2D eigenvalue weighted by atomic mass is 79.9. The number of hydrogen-bond donors (Lipinski definition) is 1. The molecule has 0 saturated heterocycles. The van der Waals surface area contributed by atoms with Crippen molar-refractivity contribution in [3.8, 4) is 0 Å². The monoisotopic (exact) mass is 286 g/mol. The summed E-state index contributed by atoms with van der Waals surface area (Å²) < 4.78 is 2.65. The molecule has 0 saturated carbocycles. The maximum atomic E-state index is 10.8. The third-order valence-corrected chi connectivity index (χ3v) is 3.47. The Labute approximate surface area is 98.3 Å². The average Bonchev–Trinajstić information content (AvgIpc) is 2.75. The molecule has 2 aromatic rings. The number of carboxylic acid groups (broad SMARTS) is 1. The number of nitrogens with zero attached hydrogens (tertiary/aromatic N) is 2. The fourth-order valence-corrected chi connectivity index (χ4v) is 2.72. The Bertz CT molecular complexity index is 492. The van der Waals surface area contributed by atoms with Gasteiger partial charge in [0.1, 0.15) is 0 Å². The maximum absolute atomic E-state index is 10.8. The number of carboxylic acids is 1. The van der Waals surface area contributed by atoms with Crippen molar-refractivity contribution in [1.82, 2.24) is 9.55 Å². The lowest BCUT2D eigenvalue weighted by Gasteiger charge is -2.01. The molecule has 78 valence electrons. The summed E-state index contributed by atoms with van der Waals surface area (Å²) in [5.41, 5.74) is 0. The molecule has 0 unspecified atom stereocenters. The molecular formula is C9H7BrN2O2S. The van der Waals surface area contributed by atoms with E-state index in [2.05, 4.69) is 20.9 Å². The van der Waals surface area contributed by atoms with Crippen LogP contribution in [0.5, 0.6) is 0 Å². The molecule has 0 atom stereocenters. The third kappa shape index (κ3) is 2.27. The summed E-state index contributed by atoms with van der Waals surface area (Å²) in [5.74, 6) is -0.935. The van der Waals surface area contributed by atoms with Crippen LogP contribution in [0.15, 0.2) is 28.3 Å². The van der Waals surface area contributed by atoms with Gasteiger partial charge in [0.15, 0.2) is 0 Å². The molecule has 2 aromatic heterocycles. The highest BCUT2D eigenvalue weighted by Gasteiger charge is 2.11. The van der Waals surface area contributed by atoms with E-state index in [1.807, 2.05) is 12.1 Å². The summed E-state index contributed by atoms with van der Waals surface area (Å²) in [6.45, 7) is 0.540. The quantitative estimate of drug-likeness (QED) is 0.943. The summed E-state index contributed by atoms with van der Waals surface area (Å²) in [6.07, 6.45) is 3.16. The van der Waals surface area contributed by atoms with E-state index < -0.39 is 5.97 Å². The van der Waals surface area contributed by atoms with Crippen LogP contribution in [0.2, 0.25) is 0 Å². The second-order valence-electron chi connectivity index (χ2n) is 2.89. The standard InChI is InChI=1S/C9H7BrN2O2S/c10-7-2-1-6(15-7)5-12-4-3-11-8(12)9(13)14/h1-4H,5H2,(H,13,14). The highest BCUT2D eigenvalue weighted by Crippen LogP contribution is 2.23. The van der Waals surface area contributed by atoms with E-state index in [1.54, 1.807) is 22.1 Å². The zero-order valence-corrected chi connectivity index (χ0v) is 9.96. The molecule has 0 amide bonds. The molecule has 0 bridgehead atoms. The third-order valence-electron chi connectivity index (χ3n) is 1.86. The second-order valence-corrected chi connectivity index (χ2v) is 5.44. The zero-order valence-electron chi connectivity index (χ0n) is 7.55. The fourth-order valence-electron chi connectivity index (χ4n) is 1.24. The smallest absolute Gasteiger partial charge is 0.372 e. The Kier molecular flexibility index (Phi) is 2.88. The van der Waals surface area contributed by atoms with Crippen molar-refractivity contribution >= 4 is 33.2 Å². The van der Waals surface area contributed by atoms with Crippen LogP contribution in [-0.2, 0) is 6.54 Å². The van der Waals surface area contributed by atoms with Gasteiger partial charge in [-0.05, 0) is 28.1 Å². The molecule has 4 nitrogen and oxygen atoms in total. The topological polar surface area (TPSA) is 55.1 Å². The molecule has 0 fully saturated rings. The Morgan fingerprint density at radius 2 is 2.40 bits per heavy atom. The number of imidazole rings is 1. The predicted molar refractivity (Wildman–Crippen MR) is 60.3 cm³/mol. The van der Waals surface area contributed by atoms with Crippen molar-refractivity contribution in [3.05, 3.63) is 39.0 Å². The molecule has 0 aliphatic carbocycles. The molecule has 0 aliphatic heterocycles. The van der Waals surface area contributed by atoms with Crippen LogP contribution >= 0.6 is 27.3 Å². The van der Waals surface area contributed by atoms with Crippen LogP contribution in [0.3, 0.4) is 0 Å². The summed E-state index contributed by atoms with van der Waals surface area (Å²) in [5, 5.41) is 8.85. The van der Waals surface area contributed by atoms with Crippen LogP contribution in [0.25, 0.3) is 0 Å². The van der Waals surface area contributed by atoms with Gasteiger partial charge >= 0.3 is 5.97 Å². The lowest BCUT2D eigenvalue weighted by molar-refractivity contribution is 0.0679. The Balaban J connectivity index is 2.24. The van der Waals surface area contributed by atoms with Gasteiger partial charge in [-0.2, -0.15) is 0 Å². The van der Waals surface area contributed by atoms with Crippen molar-refractivity contribution in [2.45, 2.75) is 6.54 Å². The average molecular weight is 287 g/mol. The number of aromatic nitrogens is 2. The van der Waals surface area contributed by atoms with E-state index in [1.165, 1.54) is 6.20 Å². The first kappa shape index (κ1) is 10.4. The molecule has 1 N–H and O–H groups in total. The molecule has 15 heavy (non-hydrogen) atoms. The van der Waals surface area contributed by atoms with Crippen molar-refractivity contribution in [1.29, 1.82) is 0 Å². The van der Waals surface area contributed by atoms with Gasteiger partial charge in [0.25, 0.3) is 0 Å². The van der Waals surface area contributed by atoms with Gasteiger partial charge < -0.3 is 9.67 Å². The van der Waals surface area contributed by atoms with Crippen LogP contribution in [0, 0.1) is 0 Å². The Morgan fingerprint density at radius 3 is 3.00 bits per heavy atom. The fraction of sp³-hybridized carbons (Fsp3) is 0.111. The number of hydrogen-bond acceptors (Lipinski definition) is 3. The largest absolute Gasteiger partial charge is 0.475 e. The Hall–Kier alpha value is -1.14. The maximum Gasteiger partial charge on any atom is 0.372 e. The molecule has 6 heteroatoms. The SMILES string of the molecule is O=C(O)c1nccn1Cc1ccc(Br)s1. The van der Waals surface area contributed by atoms with Gasteiger partial charge in [0, 0.05) is 17.3 Å². The number of carbonyl (C=O) groups is 1. The van der Waals surface area contributed by atoms with E-state index in [9.17, 15) is 4.79 Å². The first-order chi connectivity index (χ1) is 7.16. The predicted octanol–water partition coefficient (Wildman–Crippen LogP) is 2.45. The summed E-state index contributed by atoms with van der Waals surface area (Å²) in [7, 11) is 0. The van der Waals surface area contributed by atoms with Gasteiger partial charge in [-0.3, -0.25) is 0 Å². The summed E-state index contributed by atoms with van der Waals surface area (Å²) >= 11 is 4.94. The molecule has 2 heterocycles. The number of rotatable bonds is 3. The van der Waals surface area contributed by atoms with E-state index in [0.29, 0.717) is 6.54 Å². The van der Waals surface area contributed by atoms with Crippen LogP contribution in [-0.4, -0.2) is 20.6 Å². The van der Waals surface area contributed by atoms with E-state index in [4.69, 9.17) is 5.11 Å². The lowest BCUT2D eigenvalue weighted by Crippen LogP contribution is -2.09. The number of thiophene rings is 1. The van der Waals surface area contributed by atoms with Crippen molar-refractivity contribution in [3.63, 3.8) is 0 Å². The number of halogens is 1. The van der Waals surface area contributed by atoms with Crippen molar-refractivity contribution in [2.75, 3.05) is 0 Å². The van der Waals surface area contributed by atoms with Crippen molar-refractivity contribution < 1.29 is 9.90 Å². The molecule has 0 radical (unpaired) electrons. The van der Waals surface area contributed by atoms with Gasteiger partial charge in [0.2, 0.25) is 5.82 Å². The summed E-state index contributed by atoms with van der Waals surface area (Å²) in [6, 6.07) is 3.90. The first-order valence-corrected chi connectivity index (χ1v) is 5.76. The summed E-state index contributed by atoms with van der Waals surface area (Å²) in [4.78, 5) is 15.6.